The molecule has 0 saturated carbocycles. The zero-order chi connectivity index (χ0) is 11.0. The fraction of sp³-hybridized carbons (Fsp3) is 0.250. The fourth-order valence-electron chi connectivity index (χ4n) is 1.62. The number of hydrogen-bond donors (Lipinski definition) is 1. The van der Waals surface area contributed by atoms with Gasteiger partial charge >= 0.3 is 0 Å². The Morgan fingerprint density at radius 1 is 1.20 bits per heavy atom. The number of hydrogen-bond acceptors (Lipinski definition) is 2. The van der Waals surface area contributed by atoms with Crippen molar-refractivity contribution in [2.24, 2.45) is 7.05 Å². The van der Waals surface area contributed by atoms with Gasteiger partial charge in [-0.3, -0.25) is 4.68 Å². The number of aryl methyl sites for hydroxylation is 3. The number of anilines is 1. The van der Waals surface area contributed by atoms with E-state index in [2.05, 4.69) is 37.1 Å². The van der Waals surface area contributed by atoms with Crippen molar-refractivity contribution in [1.82, 2.24) is 9.78 Å². The predicted molar refractivity (Wildman–Crippen MR) is 62.5 cm³/mol. The first-order valence-corrected chi connectivity index (χ1v) is 4.94. The third kappa shape index (κ3) is 1.73. The van der Waals surface area contributed by atoms with Crippen LogP contribution in [0.4, 0.5) is 5.69 Å². The molecular weight excluding hydrogens is 186 g/mol. The lowest BCUT2D eigenvalue weighted by molar-refractivity contribution is 0.771. The normalized spacial score (nSPS) is 10.6. The van der Waals surface area contributed by atoms with Crippen LogP contribution in [-0.2, 0) is 7.05 Å². The minimum Gasteiger partial charge on any atom is -0.396 e. The van der Waals surface area contributed by atoms with Crippen LogP contribution in [0.15, 0.2) is 24.4 Å². The number of benzene rings is 1. The molecule has 78 valence electrons. The summed E-state index contributed by atoms with van der Waals surface area (Å²) in [5.74, 6) is 0. The maximum absolute atomic E-state index is 5.88. The van der Waals surface area contributed by atoms with Gasteiger partial charge in [0.25, 0.3) is 0 Å². The monoisotopic (exact) mass is 201 g/mol. The molecule has 0 atom stereocenters. The number of aromatic nitrogens is 2. The lowest BCUT2D eigenvalue weighted by Crippen LogP contribution is -1.90. The predicted octanol–water partition coefficient (Wildman–Crippen LogP) is 2.29. The van der Waals surface area contributed by atoms with Crippen LogP contribution in [0, 0.1) is 13.8 Å². The van der Waals surface area contributed by atoms with Crippen LogP contribution in [0.1, 0.15) is 11.1 Å². The van der Waals surface area contributed by atoms with Gasteiger partial charge in [-0.1, -0.05) is 12.1 Å². The summed E-state index contributed by atoms with van der Waals surface area (Å²) in [7, 11) is 1.88. The fourth-order valence-corrected chi connectivity index (χ4v) is 1.62. The Balaban J connectivity index is 2.54. The van der Waals surface area contributed by atoms with Crippen LogP contribution in [0.25, 0.3) is 11.3 Å². The standard InChI is InChI=1S/C12H15N3/c1-8-4-5-10(6-9(8)2)12-11(13)7-15(3)14-12/h4-7H,13H2,1-3H3. The summed E-state index contributed by atoms with van der Waals surface area (Å²) in [4.78, 5) is 0. The molecule has 0 spiro atoms. The zero-order valence-corrected chi connectivity index (χ0v) is 9.28. The molecule has 1 aromatic carbocycles. The van der Waals surface area contributed by atoms with Gasteiger partial charge in [-0.15, -0.1) is 0 Å². The van der Waals surface area contributed by atoms with Gasteiger partial charge in [0.05, 0.1) is 5.69 Å². The molecule has 2 N–H and O–H groups in total. The Morgan fingerprint density at radius 2 is 1.93 bits per heavy atom. The van der Waals surface area contributed by atoms with Crippen molar-refractivity contribution in [1.29, 1.82) is 0 Å². The summed E-state index contributed by atoms with van der Waals surface area (Å²) in [6.45, 7) is 4.19. The SMILES string of the molecule is Cc1ccc(-c2nn(C)cc2N)cc1C. The Labute approximate surface area is 89.5 Å². The highest BCUT2D eigenvalue weighted by Gasteiger charge is 2.07. The summed E-state index contributed by atoms with van der Waals surface area (Å²) >= 11 is 0. The molecule has 1 heterocycles. The second-order valence-corrected chi connectivity index (χ2v) is 3.91. The summed E-state index contributed by atoms with van der Waals surface area (Å²) in [5, 5.41) is 4.34. The van der Waals surface area contributed by atoms with Crippen molar-refractivity contribution in [3.63, 3.8) is 0 Å². The first-order chi connectivity index (χ1) is 7.08. The average molecular weight is 201 g/mol. The zero-order valence-electron chi connectivity index (χ0n) is 9.28. The van der Waals surface area contributed by atoms with E-state index in [1.54, 1.807) is 4.68 Å². The Kier molecular flexibility index (Phi) is 2.23. The third-order valence-electron chi connectivity index (χ3n) is 2.64. The maximum atomic E-state index is 5.88. The van der Waals surface area contributed by atoms with Crippen LogP contribution in [0.2, 0.25) is 0 Å². The number of nitrogens with zero attached hydrogens (tertiary/aromatic N) is 2. The Hall–Kier alpha value is -1.77. The van der Waals surface area contributed by atoms with Gasteiger partial charge < -0.3 is 5.73 Å². The van der Waals surface area contributed by atoms with Gasteiger partial charge in [-0.05, 0) is 31.0 Å². The van der Waals surface area contributed by atoms with E-state index in [4.69, 9.17) is 5.73 Å². The van der Waals surface area contributed by atoms with Crippen molar-refractivity contribution in [3.05, 3.63) is 35.5 Å². The van der Waals surface area contributed by atoms with Crippen molar-refractivity contribution in [3.8, 4) is 11.3 Å². The quantitative estimate of drug-likeness (QED) is 0.769. The van der Waals surface area contributed by atoms with Crippen LogP contribution in [-0.4, -0.2) is 9.78 Å². The second kappa shape index (κ2) is 3.42. The van der Waals surface area contributed by atoms with Crippen LogP contribution in [0.5, 0.6) is 0 Å². The lowest BCUT2D eigenvalue weighted by atomic mass is 10.0. The molecule has 0 unspecified atom stereocenters. The van der Waals surface area contributed by atoms with Gasteiger partial charge in [0.1, 0.15) is 5.69 Å². The summed E-state index contributed by atoms with van der Waals surface area (Å²) in [5.41, 5.74) is 11.1. The van der Waals surface area contributed by atoms with Gasteiger partial charge in [0, 0.05) is 18.8 Å². The molecule has 0 aliphatic rings. The average Bonchev–Trinajstić information content (AvgIpc) is 2.50. The molecule has 0 bridgehead atoms. The van der Waals surface area contributed by atoms with Gasteiger partial charge in [-0.2, -0.15) is 5.10 Å². The number of nitrogen functional groups attached to an aromatic ring is 1. The van der Waals surface area contributed by atoms with E-state index < -0.39 is 0 Å². The Bertz CT molecular complexity index is 498. The summed E-state index contributed by atoms with van der Waals surface area (Å²) in [6, 6.07) is 6.27. The highest BCUT2D eigenvalue weighted by molar-refractivity contribution is 5.72. The highest BCUT2D eigenvalue weighted by Crippen LogP contribution is 2.25. The topological polar surface area (TPSA) is 43.8 Å². The van der Waals surface area contributed by atoms with Crippen molar-refractivity contribution in [2.75, 3.05) is 5.73 Å². The molecule has 0 amide bonds. The minimum absolute atomic E-state index is 0.723. The van der Waals surface area contributed by atoms with Gasteiger partial charge in [-0.25, -0.2) is 0 Å². The Morgan fingerprint density at radius 3 is 2.47 bits per heavy atom. The largest absolute Gasteiger partial charge is 0.396 e. The maximum Gasteiger partial charge on any atom is 0.115 e. The molecule has 2 rings (SSSR count). The lowest BCUT2D eigenvalue weighted by Gasteiger charge is -2.03. The van der Waals surface area contributed by atoms with Gasteiger partial charge in [0.15, 0.2) is 0 Å². The van der Waals surface area contributed by atoms with E-state index in [0.29, 0.717) is 0 Å². The minimum atomic E-state index is 0.723. The van der Waals surface area contributed by atoms with Crippen LogP contribution < -0.4 is 5.73 Å². The molecule has 2 aromatic rings. The molecule has 3 nitrogen and oxygen atoms in total. The number of rotatable bonds is 1. The molecule has 0 aliphatic heterocycles. The molecule has 3 heteroatoms. The smallest absolute Gasteiger partial charge is 0.115 e. The first-order valence-electron chi connectivity index (χ1n) is 4.94. The van der Waals surface area contributed by atoms with E-state index in [1.807, 2.05) is 13.2 Å². The molecule has 0 aliphatic carbocycles. The molecule has 0 radical (unpaired) electrons. The van der Waals surface area contributed by atoms with Crippen molar-refractivity contribution < 1.29 is 0 Å². The molecular formula is C12H15N3. The molecule has 1 aromatic heterocycles. The molecule has 0 fully saturated rings. The van der Waals surface area contributed by atoms with Crippen molar-refractivity contribution in [2.45, 2.75) is 13.8 Å². The first kappa shape index (κ1) is 9.77. The van der Waals surface area contributed by atoms with Crippen LogP contribution >= 0.6 is 0 Å². The van der Waals surface area contributed by atoms with E-state index in [-0.39, 0.29) is 0 Å². The second-order valence-electron chi connectivity index (χ2n) is 3.91. The van der Waals surface area contributed by atoms with Gasteiger partial charge in [0.2, 0.25) is 0 Å². The molecule has 0 saturated heterocycles. The van der Waals surface area contributed by atoms with Crippen LogP contribution in [0.3, 0.4) is 0 Å². The highest BCUT2D eigenvalue weighted by atomic mass is 15.3. The summed E-state index contributed by atoms with van der Waals surface area (Å²) in [6.07, 6.45) is 1.82. The van der Waals surface area contributed by atoms with Crippen molar-refractivity contribution >= 4 is 5.69 Å². The summed E-state index contributed by atoms with van der Waals surface area (Å²) < 4.78 is 1.74. The van der Waals surface area contributed by atoms with E-state index in [9.17, 15) is 0 Å². The van der Waals surface area contributed by atoms with E-state index in [1.165, 1.54) is 11.1 Å². The van der Waals surface area contributed by atoms with E-state index in [0.717, 1.165) is 16.9 Å². The third-order valence-corrected chi connectivity index (χ3v) is 2.64. The number of nitrogens with two attached hydrogens (primary N) is 1. The van der Waals surface area contributed by atoms with E-state index >= 15 is 0 Å². The molecule has 15 heavy (non-hydrogen) atoms.